The van der Waals surface area contributed by atoms with E-state index in [0.29, 0.717) is 0 Å². The minimum absolute atomic E-state index is 0.113. The Hall–Kier alpha value is -5.98. The highest BCUT2D eigenvalue weighted by Crippen LogP contribution is 2.57. The van der Waals surface area contributed by atoms with Gasteiger partial charge >= 0.3 is 0 Å². The summed E-state index contributed by atoms with van der Waals surface area (Å²) in [6, 6.07) is 46.6. The Morgan fingerprint density at radius 1 is 0.667 bits per heavy atom. The van der Waals surface area contributed by atoms with Crippen LogP contribution in [0.2, 0.25) is 0 Å². The maximum atomic E-state index is 6.76. The molecule has 3 aliphatic rings. The number of hydrogen-bond donors (Lipinski definition) is 1. The van der Waals surface area contributed by atoms with E-state index in [9.17, 15) is 0 Å². The highest BCUT2D eigenvalue weighted by atomic mass is 16.3. The number of hydrogen-bond acceptors (Lipinski definition) is 6. The van der Waals surface area contributed by atoms with Crippen molar-refractivity contribution in [2.45, 2.75) is 18.2 Å². The van der Waals surface area contributed by atoms with Gasteiger partial charge in [-0.25, -0.2) is 9.98 Å². The van der Waals surface area contributed by atoms with Crippen molar-refractivity contribution >= 4 is 55.4 Å². The molecule has 11 rings (SSSR count). The van der Waals surface area contributed by atoms with E-state index in [-0.39, 0.29) is 18.2 Å². The molecule has 228 valence electrons. The van der Waals surface area contributed by atoms with Crippen LogP contribution >= 0.6 is 0 Å². The Kier molecular flexibility index (Phi) is 5.32. The van der Waals surface area contributed by atoms with E-state index < -0.39 is 0 Å². The number of rotatable bonds is 4. The van der Waals surface area contributed by atoms with Gasteiger partial charge in [-0.05, 0) is 40.1 Å². The molecule has 1 N–H and O–H groups in total. The second kappa shape index (κ2) is 9.77. The zero-order chi connectivity index (χ0) is 31.3. The molecule has 0 spiro atoms. The zero-order valence-electron chi connectivity index (χ0n) is 25.8. The molecule has 3 aliphatic heterocycles. The van der Waals surface area contributed by atoms with Crippen molar-refractivity contribution in [3.05, 3.63) is 156 Å². The minimum Gasteiger partial charge on any atom is -0.458 e. The third kappa shape index (κ3) is 3.78. The van der Waals surface area contributed by atoms with Crippen molar-refractivity contribution in [2.75, 3.05) is 6.54 Å². The molecular formula is C42H28N4O2. The summed E-state index contributed by atoms with van der Waals surface area (Å²) in [7, 11) is 0. The van der Waals surface area contributed by atoms with Gasteiger partial charge in [0.25, 0.3) is 0 Å². The predicted molar refractivity (Wildman–Crippen MR) is 191 cm³/mol. The second-order valence-electron chi connectivity index (χ2n) is 12.9. The Morgan fingerprint density at radius 2 is 1.44 bits per heavy atom. The average Bonchev–Trinajstić information content (AvgIpc) is 3.52. The monoisotopic (exact) mass is 620 g/mol. The van der Waals surface area contributed by atoms with Crippen molar-refractivity contribution in [2.24, 2.45) is 9.98 Å². The van der Waals surface area contributed by atoms with Crippen molar-refractivity contribution in [3.63, 3.8) is 0 Å². The Balaban J connectivity index is 1.11. The van der Waals surface area contributed by atoms with Crippen LogP contribution in [-0.4, -0.2) is 23.1 Å². The van der Waals surface area contributed by atoms with Gasteiger partial charge in [-0.3, -0.25) is 4.90 Å². The summed E-state index contributed by atoms with van der Waals surface area (Å²) in [6.07, 6.45) is -0.328. The smallest absolute Gasteiger partial charge is 0.150 e. The molecule has 5 heterocycles. The quantitative estimate of drug-likeness (QED) is 0.199. The van der Waals surface area contributed by atoms with Gasteiger partial charge in [0.1, 0.15) is 46.4 Å². The lowest BCUT2D eigenvalue weighted by Gasteiger charge is -2.27. The summed E-state index contributed by atoms with van der Waals surface area (Å²) in [5.74, 6) is 2.63. The molecule has 0 aliphatic carbocycles. The molecule has 6 aromatic carbocycles. The molecule has 0 bridgehead atoms. The minimum atomic E-state index is -0.328. The van der Waals surface area contributed by atoms with E-state index in [4.69, 9.17) is 18.8 Å². The normalized spacial score (nSPS) is 21.2. The highest BCUT2D eigenvalue weighted by Gasteiger charge is 2.55. The van der Waals surface area contributed by atoms with E-state index in [1.165, 1.54) is 16.3 Å². The van der Waals surface area contributed by atoms with E-state index in [2.05, 4.69) is 113 Å². The summed E-state index contributed by atoms with van der Waals surface area (Å²) in [5.41, 5.74) is 8.17. The van der Waals surface area contributed by atoms with Crippen LogP contribution in [0.3, 0.4) is 0 Å². The standard InChI is InChI=1S/C42H28N4O2/c1-2-11-25(12-3-1)28-15-8-16-30-36-37(46-23-32(46)39(36)48-38(28)30)42-44-40(27-21-20-24-10-4-5-13-26(24)22-27)43-41(45-42)31-17-9-19-34-35(31)29-14-6-7-18-33(29)47-34/h1-22,32,37,40H,23H2,(H,43,44,45). The summed E-state index contributed by atoms with van der Waals surface area (Å²) < 4.78 is 13.1. The molecule has 48 heavy (non-hydrogen) atoms. The van der Waals surface area contributed by atoms with Gasteiger partial charge in [0.15, 0.2) is 0 Å². The van der Waals surface area contributed by atoms with E-state index >= 15 is 0 Å². The Labute approximate surface area is 275 Å². The van der Waals surface area contributed by atoms with Crippen molar-refractivity contribution < 1.29 is 8.83 Å². The molecule has 0 radical (unpaired) electrons. The number of nitrogens with zero attached hydrogens (tertiary/aromatic N) is 3. The van der Waals surface area contributed by atoms with Crippen LogP contribution in [0.25, 0.3) is 54.8 Å². The lowest BCUT2D eigenvalue weighted by Crippen LogP contribution is -2.35. The van der Waals surface area contributed by atoms with Gasteiger partial charge < -0.3 is 14.2 Å². The summed E-state index contributed by atoms with van der Waals surface area (Å²) in [6.45, 7) is 0.929. The number of furan rings is 2. The zero-order valence-corrected chi connectivity index (χ0v) is 25.8. The average molecular weight is 621 g/mol. The van der Waals surface area contributed by atoms with Crippen LogP contribution < -0.4 is 5.32 Å². The fourth-order valence-electron chi connectivity index (χ4n) is 7.89. The Morgan fingerprint density at radius 3 is 2.38 bits per heavy atom. The third-order valence-electron chi connectivity index (χ3n) is 10.2. The molecule has 1 fully saturated rings. The van der Waals surface area contributed by atoms with Crippen molar-refractivity contribution in [1.82, 2.24) is 10.2 Å². The van der Waals surface area contributed by atoms with Crippen LogP contribution in [0.4, 0.5) is 0 Å². The fourth-order valence-corrected chi connectivity index (χ4v) is 7.89. The number of aliphatic imine (C=N–C) groups is 2. The lowest BCUT2D eigenvalue weighted by atomic mass is 9.98. The van der Waals surface area contributed by atoms with Crippen LogP contribution in [0.5, 0.6) is 0 Å². The van der Waals surface area contributed by atoms with Crippen LogP contribution in [0.15, 0.2) is 152 Å². The number of amidine groups is 2. The molecule has 0 saturated carbocycles. The van der Waals surface area contributed by atoms with Gasteiger partial charge in [-0.2, -0.15) is 0 Å². The van der Waals surface area contributed by atoms with Crippen LogP contribution in [0.1, 0.15) is 40.7 Å². The van der Waals surface area contributed by atoms with Crippen molar-refractivity contribution in [1.29, 1.82) is 0 Å². The summed E-state index contributed by atoms with van der Waals surface area (Å²) >= 11 is 0. The number of para-hydroxylation sites is 2. The number of fused-ring (bicyclic) bond motifs is 9. The van der Waals surface area contributed by atoms with E-state index in [1.54, 1.807) is 0 Å². The molecule has 1 saturated heterocycles. The van der Waals surface area contributed by atoms with E-state index in [1.807, 2.05) is 30.3 Å². The molecule has 6 heteroatoms. The van der Waals surface area contributed by atoms with Gasteiger partial charge in [0.05, 0.1) is 6.04 Å². The predicted octanol–water partition coefficient (Wildman–Crippen LogP) is 9.71. The van der Waals surface area contributed by atoms with E-state index in [0.717, 1.165) is 79.1 Å². The molecule has 2 aromatic heterocycles. The van der Waals surface area contributed by atoms with Gasteiger partial charge in [-0.1, -0.05) is 115 Å². The largest absolute Gasteiger partial charge is 0.458 e. The first-order valence-electron chi connectivity index (χ1n) is 16.5. The fraction of sp³-hybridized carbons (Fsp3) is 0.0952. The number of nitrogens with one attached hydrogen (secondary N) is 1. The van der Waals surface area contributed by atoms with Crippen LogP contribution in [-0.2, 0) is 0 Å². The molecule has 0 amide bonds. The Bertz CT molecular complexity index is 2670. The van der Waals surface area contributed by atoms with Gasteiger partial charge in [-0.15, -0.1) is 0 Å². The van der Waals surface area contributed by atoms with Gasteiger partial charge in [0.2, 0.25) is 0 Å². The molecule has 6 nitrogen and oxygen atoms in total. The maximum Gasteiger partial charge on any atom is 0.150 e. The topological polar surface area (TPSA) is 66.0 Å². The SMILES string of the molecule is c1ccc(-c2cccc3c4c(oc23)C2CN2C4C2=NC(c3ccc4ccccc4c3)NC(c3cccc4oc5ccccc5c34)=N2)cc1. The first-order chi connectivity index (χ1) is 23.8. The summed E-state index contributed by atoms with van der Waals surface area (Å²) in [4.78, 5) is 13.2. The lowest BCUT2D eigenvalue weighted by molar-refractivity contribution is 0.478. The first kappa shape index (κ1) is 26.1. The molecule has 8 aromatic rings. The maximum absolute atomic E-state index is 6.76. The molecular weight excluding hydrogens is 592 g/mol. The van der Waals surface area contributed by atoms with Crippen LogP contribution in [0, 0.1) is 0 Å². The summed E-state index contributed by atoms with van der Waals surface area (Å²) in [5, 5.41) is 9.39. The highest BCUT2D eigenvalue weighted by molar-refractivity contribution is 6.21. The number of benzene rings is 6. The second-order valence-corrected chi connectivity index (χ2v) is 12.9. The van der Waals surface area contributed by atoms with Gasteiger partial charge in [0, 0.05) is 39.4 Å². The molecule has 4 atom stereocenters. The molecule has 4 unspecified atom stereocenters. The first-order valence-corrected chi connectivity index (χ1v) is 16.5. The third-order valence-corrected chi connectivity index (χ3v) is 10.2. The van der Waals surface area contributed by atoms with Crippen molar-refractivity contribution in [3.8, 4) is 11.1 Å².